The Morgan fingerprint density at radius 2 is 1.83 bits per heavy atom. The minimum Gasteiger partial charge on any atom is -0.507 e. The highest BCUT2D eigenvalue weighted by molar-refractivity contribution is 6.27. The number of piperidine rings is 1. The molecule has 2 heterocycles. The number of carboxylic acid groups (broad SMARTS) is 1. The molecule has 0 aliphatic carbocycles. The van der Waals surface area contributed by atoms with E-state index in [-0.39, 0.29) is 29.7 Å². The van der Waals surface area contributed by atoms with Gasteiger partial charge in [0.2, 0.25) is 11.8 Å². The van der Waals surface area contributed by atoms with Crippen LogP contribution in [0.15, 0.2) is 12.1 Å². The van der Waals surface area contributed by atoms with Crippen molar-refractivity contribution in [1.29, 1.82) is 0 Å². The zero-order valence-electron chi connectivity index (χ0n) is 12.0. The molecule has 124 valence electrons. The van der Waals surface area contributed by atoms with Crippen LogP contribution in [0.3, 0.4) is 0 Å². The standard InChI is InChI=1S/C14H11N3O7/c18-7-3-1-5(15-14(23)24)9-10(7)13(22)17(12(9)21)6-2-4-8(19)16-11(6)20/h1,3,6,15,18H,2,4H2,(H,23,24)(H,16,19,20). The fraction of sp³-hybridized carbons (Fsp3) is 0.214. The van der Waals surface area contributed by atoms with Crippen LogP contribution in [0.1, 0.15) is 33.6 Å². The second-order valence-corrected chi connectivity index (χ2v) is 5.26. The first kappa shape index (κ1) is 15.5. The molecule has 1 aromatic rings. The Bertz CT molecular complexity index is 817. The van der Waals surface area contributed by atoms with Gasteiger partial charge < -0.3 is 10.2 Å². The number of amides is 5. The summed E-state index contributed by atoms with van der Waals surface area (Å²) in [5.74, 6) is -3.65. The number of carbonyl (C=O) groups is 5. The number of carbonyl (C=O) groups excluding carboxylic acids is 4. The molecule has 2 aliphatic rings. The average molecular weight is 333 g/mol. The zero-order chi connectivity index (χ0) is 17.6. The number of nitrogens with zero attached hydrogens (tertiary/aromatic N) is 1. The van der Waals surface area contributed by atoms with Crippen molar-refractivity contribution in [2.24, 2.45) is 0 Å². The van der Waals surface area contributed by atoms with E-state index in [2.05, 4.69) is 0 Å². The van der Waals surface area contributed by atoms with E-state index in [1.54, 1.807) is 0 Å². The number of aromatic hydroxyl groups is 1. The number of rotatable bonds is 2. The van der Waals surface area contributed by atoms with Gasteiger partial charge in [-0.3, -0.25) is 34.7 Å². The molecule has 10 nitrogen and oxygen atoms in total. The molecule has 1 fully saturated rings. The Balaban J connectivity index is 2.05. The van der Waals surface area contributed by atoms with Crippen molar-refractivity contribution in [3.63, 3.8) is 0 Å². The molecule has 0 aromatic heterocycles. The molecule has 3 rings (SSSR count). The van der Waals surface area contributed by atoms with Crippen molar-refractivity contribution in [2.45, 2.75) is 18.9 Å². The smallest absolute Gasteiger partial charge is 0.409 e. The second kappa shape index (κ2) is 5.33. The number of anilines is 1. The molecule has 2 aliphatic heterocycles. The zero-order valence-corrected chi connectivity index (χ0v) is 12.0. The molecular formula is C14H11N3O7. The van der Waals surface area contributed by atoms with E-state index in [9.17, 15) is 29.1 Å². The Hall–Kier alpha value is -3.43. The van der Waals surface area contributed by atoms with Crippen molar-refractivity contribution in [3.05, 3.63) is 23.3 Å². The number of benzene rings is 1. The number of phenols is 1. The maximum Gasteiger partial charge on any atom is 0.409 e. The SMILES string of the molecule is O=C(O)Nc1ccc(O)c2c1C(=O)N(C1CCC(=O)NC1=O)C2=O. The first-order chi connectivity index (χ1) is 11.3. The Kier molecular flexibility index (Phi) is 3.44. The minimum atomic E-state index is -1.46. The predicted octanol–water partition coefficient (Wildman–Crippen LogP) is -0.117. The summed E-state index contributed by atoms with van der Waals surface area (Å²) in [7, 11) is 0. The van der Waals surface area contributed by atoms with Crippen LogP contribution in [0.4, 0.5) is 10.5 Å². The summed E-state index contributed by atoms with van der Waals surface area (Å²) in [4.78, 5) is 59.7. The molecule has 24 heavy (non-hydrogen) atoms. The van der Waals surface area contributed by atoms with Crippen molar-refractivity contribution < 1.29 is 34.2 Å². The summed E-state index contributed by atoms with van der Waals surface area (Å²) in [5, 5.41) is 22.7. The van der Waals surface area contributed by atoms with Gasteiger partial charge in [0.15, 0.2) is 0 Å². The molecule has 1 saturated heterocycles. The maximum atomic E-state index is 12.6. The number of nitrogens with one attached hydrogen (secondary N) is 2. The van der Waals surface area contributed by atoms with Crippen LogP contribution in [0.2, 0.25) is 0 Å². The summed E-state index contributed by atoms with van der Waals surface area (Å²) in [6.45, 7) is 0. The summed E-state index contributed by atoms with van der Waals surface area (Å²) in [6, 6.07) is 1.01. The largest absolute Gasteiger partial charge is 0.507 e. The summed E-state index contributed by atoms with van der Waals surface area (Å²) in [6.07, 6.45) is -1.54. The molecule has 10 heteroatoms. The summed E-state index contributed by atoms with van der Waals surface area (Å²) in [5.41, 5.74) is -0.883. The molecule has 1 unspecified atom stereocenters. The van der Waals surface area contributed by atoms with Crippen molar-refractivity contribution in [1.82, 2.24) is 10.2 Å². The lowest BCUT2D eigenvalue weighted by Crippen LogP contribution is -2.54. The van der Waals surface area contributed by atoms with E-state index in [0.717, 1.165) is 12.1 Å². The van der Waals surface area contributed by atoms with Crippen LogP contribution in [0.25, 0.3) is 0 Å². The molecule has 1 aromatic carbocycles. The Morgan fingerprint density at radius 3 is 2.46 bits per heavy atom. The molecule has 0 bridgehead atoms. The second-order valence-electron chi connectivity index (χ2n) is 5.26. The normalized spacial score (nSPS) is 20.0. The van der Waals surface area contributed by atoms with Crippen molar-refractivity contribution in [2.75, 3.05) is 5.32 Å². The van der Waals surface area contributed by atoms with Crippen LogP contribution >= 0.6 is 0 Å². The number of fused-ring (bicyclic) bond motifs is 1. The van der Waals surface area contributed by atoms with Crippen LogP contribution in [0, 0.1) is 0 Å². The number of imide groups is 2. The lowest BCUT2D eigenvalue weighted by Gasteiger charge is -2.27. The molecular weight excluding hydrogens is 322 g/mol. The van der Waals surface area contributed by atoms with Crippen molar-refractivity contribution in [3.8, 4) is 5.75 Å². The lowest BCUT2D eigenvalue weighted by molar-refractivity contribution is -0.136. The third-order valence-corrected chi connectivity index (χ3v) is 3.81. The molecule has 5 amide bonds. The van der Waals surface area contributed by atoms with Gasteiger partial charge in [-0.2, -0.15) is 0 Å². The average Bonchev–Trinajstić information content (AvgIpc) is 2.75. The van der Waals surface area contributed by atoms with Gasteiger partial charge >= 0.3 is 6.09 Å². The van der Waals surface area contributed by atoms with E-state index in [4.69, 9.17) is 5.11 Å². The Morgan fingerprint density at radius 1 is 1.17 bits per heavy atom. The quantitative estimate of drug-likeness (QED) is 0.435. The number of hydrogen-bond acceptors (Lipinski definition) is 6. The molecule has 0 saturated carbocycles. The lowest BCUT2D eigenvalue weighted by atomic mass is 10.0. The fourth-order valence-electron chi connectivity index (χ4n) is 2.79. The van der Waals surface area contributed by atoms with E-state index in [1.165, 1.54) is 0 Å². The molecule has 4 N–H and O–H groups in total. The topological polar surface area (TPSA) is 153 Å². The minimum absolute atomic E-state index is 0.0431. The Labute approximate surface area is 134 Å². The molecule has 0 radical (unpaired) electrons. The maximum absolute atomic E-state index is 12.6. The highest BCUT2D eigenvalue weighted by Gasteiger charge is 2.47. The van der Waals surface area contributed by atoms with Crippen LogP contribution < -0.4 is 10.6 Å². The van der Waals surface area contributed by atoms with Crippen LogP contribution in [-0.4, -0.2) is 50.9 Å². The summed E-state index contributed by atoms with van der Waals surface area (Å²) >= 11 is 0. The van der Waals surface area contributed by atoms with Gasteiger partial charge in [-0.05, 0) is 18.6 Å². The van der Waals surface area contributed by atoms with E-state index >= 15 is 0 Å². The first-order valence-corrected chi connectivity index (χ1v) is 6.88. The number of hydrogen-bond donors (Lipinski definition) is 4. The van der Waals surface area contributed by atoms with Gasteiger partial charge in [0.25, 0.3) is 11.8 Å². The van der Waals surface area contributed by atoms with Crippen LogP contribution in [0.5, 0.6) is 5.75 Å². The van der Waals surface area contributed by atoms with Gasteiger partial charge in [-0.1, -0.05) is 0 Å². The predicted molar refractivity (Wildman–Crippen MR) is 76.4 cm³/mol. The van der Waals surface area contributed by atoms with Gasteiger partial charge in [0, 0.05) is 6.42 Å². The van der Waals surface area contributed by atoms with E-state index < -0.39 is 41.5 Å². The molecule has 0 spiro atoms. The van der Waals surface area contributed by atoms with Gasteiger partial charge in [0.05, 0.1) is 16.8 Å². The van der Waals surface area contributed by atoms with Gasteiger partial charge in [-0.15, -0.1) is 0 Å². The third-order valence-electron chi connectivity index (χ3n) is 3.81. The van der Waals surface area contributed by atoms with Gasteiger partial charge in [0.1, 0.15) is 11.8 Å². The van der Waals surface area contributed by atoms with Gasteiger partial charge in [-0.25, -0.2) is 4.79 Å². The fourth-order valence-corrected chi connectivity index (χ4v) is 2.79. The molecule has 1 atom stereocenters. The highest BCUT2D eigenvalue weighted by atomic mass is 16.4. The van der Waals surface area contributed by atoms with E-state index in [0.29, 0.717) is 4.90 Å². The van der Waals surface area contributed by atoms with Crippen LogP contribution in [-0.2, 0) is 9.59 Å². The van der Waals surface area contributed by atoms with Crippen molar-refractivity contribution >= 4 is 35.4 Å². The van der Waals surface area contributed by atoms with E-state index in [1.807, 2.05) is 10.6 Å². The first-order valence-electron chi connectivity index (χ1n) is 6.88. The highest BCUT2D eigenvalue weighted by Crippen LogP contribution is 2.37. The third kappa shape index (κ3) is 2.24. The monoisotopic (exact) mass is 333 g/mol. The summed E-state index contributed by atoms with van der Waals surface area (Å²) < 4.78 is 0. The number of phenolic OH excluding ortho intramolecular Hbond substituents is 1.